The molecule has 3 N–H and O–H groups in total. The Bertz CT molecular complexity index is 353. The Kier molecular flexibility index (Phi) is 3.82. The van der Waals surface area contributed by atoms with E-state index >= 15 is 0 Å². The van der Waals surface area contributed by atoms with Gasteiger partial charge in [-0.1, -0.05) is 24.3 Å². The summed E-state index contributed by atoms with van der Waals surface area (Å²) in [6, 6.07) is 8.61. The predicted octanol–water partition coefficient (Wildman–Crippen LogP) is 1.11. The fourth-order valence-corrected chi connectivity index (χ4v) is 2.48. The highest BCUT2D eigenvalue weighted by Gasteiger charge is 2.35. The summed E-state index contributed by atoms with van der Waals surface area (Å²) in [5.41, 5.74) is 8.85. The van der Waals surface area contributed by atoms with Gasteiger partial charge in [0.25, 0.3) is 0 Å². The monoisotopic (exact) mass is 234 g/mol. The summed E-state index contributed by atoms with van der Waals surface area (Å²) in [6.45, 7) is 3.58. The van der Waals surface area contributed by atoms with Gasteiger partial charge < -0.3 is 15.8 Å². The van der Waals surface area contributed by atoms with Crippen molar-refractivity contribution in [2.75, 3.05) is 20.2 Å². The van der Waals surface area contributed by atoms with Crippen LogP contribution in [0.25, 0.3) is 0 Å². The Morgan fingerprint density at radius 1 is 1.35 bits per heavy atom. The largest absolute Gasteiger partial charge is 0.380 e. The van der Waals surface area contributed by atoms with E-state index in [1.54, 1.807) is 7.11 Å². The summed E-state index contributed by atoms with van der Waals surface area (Å²) in [5, 5.41) is 3.59. The summed E-state index contributed by atoms with van der Waals surface area (Å²) in [4.78, 5) is 0. The predicted molar refractivity (Wildman–Crippen MR) is 70.1 cm³/mol. The lowest BCUT2D eigenvalue weighted by Crippen LogP contribution is -2.54. The number of nitrogens with one attached hydrogen (secondary N) is 1. The van der Waals surface area contributed by atoms with Crippen molar-refractivity contribution in [3.8, 4) is 0 Å². The molecule has 0 bridgehead atoms. The number of hydrogen-bond donors (Lipinski definition) is 2. The third-order valence-corrected chi connectivity index (χ3v) is 3.73. The van der Waals surface area contributed by atoms with E-state index in [1.165, 1.54) is 11.1 Å². The third-order valence-electron chi connectivity index (χ3n) is 3.73. The fourth-order valence-electron chi connectivity index (χ4n) is 2.48. The van der Waals surface area contributed by atoms with Crippen molar-refractivity contribution in [3.63, 3.8) is 0 Å². The SMILES string of the molecule is COC(C)CNC1(CN)Cc2ccccc2C1. The number of benzene rings is 1. The lowest BCUT2D eigenvalue weighted by molar-refractivity contribution is 0.107. The van der Waals surface area contributed by atoms with Crippen LogP contribution in [0.1, 0.15) is 18.1 Å². The van der Waals surface area contributed by atoms with Crippen LogP contribution in [0.4, 0.5) is 0 Å². The summed E-state index contributed by atoms with van der Waals surface area (Å²) in [7, 11) is 1.74. The van der Waals surface area contributed by atoms with Crippen molar-refractivity contribution in [3.05, 3.63) is 35.4 Å². The highest BCUT2D eigenvalue weighted by molar-refractivity contribution is 5.36. The first-order chi connectivity index (χ1) is 8.19. The number of nitrogens with two attached hydrogens (primary N) is 1. The topological polar surface area (TPSA) is 47.3 Å². The zero-order valence-corrected chi connectivity index (χ0v) is 10.7. The second-order valence-corrected chi connectivity index (χ2v) is 5.03. The molecule has 0 radical (unpaired) electrons. The summed E-state index contributed by atoms with van der Waals surface area (Å²) in [6.07, 6.45) is 2.27. The Balaban J connectivity index is 2.04. The molecule has 1 aliphatic carbocycles. The maximum absolute atomic E-state index is 5.97. The normalized spacial score (nSPS) is 19.0. The molecule has 2 rings (SSSR count). The van der Waals surface area contributed by atoms with Gasteiger partial charge in [0.1, 0.15) is 0 Å². The molecule has 1 aromatic carbocycles. The average Bonchev–Trinajstić information content (AvgIpc) is 2.75. The van der Waals surface area contributed by atoms with Crippen molar-refractivity contribution in [2.45, 2.75) is 31.4 Å². The molecule has 0 saturated carbocycles. The van der Waals surface area contributed by atoms with Crippen LogP contribution in [-0.4, -0.2) is 31.8 Å². The molecule has 94 valence electrons. The van der Waals surface area contributed by atoms with Crippen molar-refractivity contribution in [1.29, 1.82) is 0 Å². The van der Waals surface area contributed by atoms with E-state index in [0.717, 1.165) is 19.4 Å². The number of hydrogen-bond acceptors (Lipinski definition) is 3. The van der Waals surface area contributed by atoms with Crippen LogP contribution >= 0.6 is 0 Å². The molecule has 1 aromatic rings. The van der Waals surface area contributed by atoms with Gasteiger partial charge in [-0.05, 0) is 30.9 Å². The highest BCUT2D eigenvalue weighted by atomic mass is 16.5. The van der Waals surface area contributed by atoms with E-state index in [0.29, 0.717) is 6.54 Å². The first kappa shape index (κ1) is 12.6. The van der Waals surface area contributed by atoms with Crippen LogP contribution in [0.3, 0.4) is 0 Å². The molecule has 0 aliphatic heterocycles. The first-order valence-electron chi connectivity index (χ1n) is 6.24. The highest BCUT2D eigenvalue weighted by Crippen LogP contribution is 2.29. The van der Waals surface area contributed by atoms with Crippen LogP contribution in [0, 0.1) is 0 Å². The van der Waals surface area contributed by atoms with Gasteiger partial charge in [-0.15, -0.1) is 0 Å². The van der Waals surface area contributed by atoms with Crippen LogP contribution in [0.15, 0.2) is 24.3 Å². The standard InChI is InChI=1S/C14H22N2O/c1-11(17-2)9-16-14(10-15)7-12-5-3-4-6-13(12)8-14/h3-6,11,16H,7-10,15H2,1-2H3. The minimum Gasteiger partial charge on any atom is -0.380 e. The zero-order chi connectivity index (χ0) is 12.3. The first-order valence-corrected chi connectivity index (χ1v) is 6.24. The molecule has 3 nitrogen and oxygen atoms in total. The number of fused-ring (bicyclic) bond motifs is 1. The van der Waals surface area contributed by atoms with Crippen molar-refractivity contribution in [2.24, 2.45) is 5.73 Å². The second kappa shape index (κ2) is 5.17. The second-order valence-electron chi connectivity index (χ2n) is 5.03. The maximum atomic E-state index is 5.97. The molecular weight excluding hydrogens is 212 g/mol. The van der Waals surface area contributed by atoms with E-state index < -0.39 is 0 Å². The fraction of sp³-hybridized carbons (Fsp3) is 0.571. The van der Waals surface area contributed by atoms with Crippen molar-refractivity contribution in [1.82, 2.24) is 5.32 Å². The molecule has 1 atom stereocenters. The van der Waals surface area contributed by atoms with Crippen LogP contribution < -0.4 is 11.1 Å². The van der Waals surface area contributed by atoms with Crippen LogP contribution in [0.2, 0.25) is 0 Å². The molecule has 0 fully saturated rings. The zero-order valence-electron chi connectivity index (χ0n) is 10.7. The van der Waals surface area contributed by atoms with Crippen molar-refractivity contribution >= 4 is 0 Å². The maximum Gasteiger partial charge on any atom is 0.0667 e. The number of ether oxygens (including phenoxy) is 1. The van der Waals surface area contributed by atoms with E-state index in [2.05, 4.69) is 36.5 Å². The lowest BCUT2D eigenvalue weighted by Gasteiger charge is -2.30. The molecule has 0 saturated heterocycles. The van der Waals surface area contributed by atoms with E-state index in [1.807, 2.05) is 0 Å². The Morgan fingerprint density at radius 3 is 2.41 bits per heavy atom. The molecule has 1 aliphatic rings. The molecule has 0 aromatic heterocycles. The average molecular weight is 234 g/mol. The van der Waals surface area contributed by atoms with Crippen LogP contribution in [-0.2, 0) is 17.6 Å². The minimum atomic E-state index is 0.0243. The molecule has 0 heterocycles. The van der Waals surface area contributed by atoms with Gasteiger partial charge in [0.05, 0.1) is 6.10 Å². The van der Waals surface area contributed by atoms with Gasteiger partial charge in [-0.25, -0.2) is 0 Å². The summed E-state index contributed by atoms with van der Waals surface area (Å²) >= 11 is 0. The van der Waals surface area contributed by atoms with Gasteiger partial charge in [0.2, 0.25) is 0 Å². The Morgan fingerprint density at radius 2 is 1.94 bits per heavy atom. The van der Waals surface area contributed by atoms with Gasteiger partial charge in [0, 0.05) is 25.7 Å². The van der Waals surface area contributed by atoms with Gasteiger partial charge in [0.15, 0.2) is 0 Å². The Hall–Kier alpha value is -0.900. The molecule has 0 amide bonds. The van der Waals surface area contributed by atoms with Crippen LogP contribution in [0.5, 0.6) is 0 Å². The number of rotatable bonds is 5. The molecule has 3 heteroatoms. The molecule has 0 spiro atoms. The molecule has 17 heavy (non-hydrogen) atoms. The van der Waals surface area contributed by atoms with E-state index in [4.69, 9.17) is 10.5 Å². The quantitative estimate of drug-likeness (QED) is 0.802. The minimum absolute atomic E-state index is 0.0243. The smallest absolute Gasteiger partial charge is 0.0667 e. The van der Waals surface area contributed by atoms with Crippen molar-refractivity contribution < 1.29 is 4.74 Å². The van der Waals surface area contributed by atoms with Gasteiger partial charge in [-0.3, -0.25) is 0 Å². The Labute approximate surface area is 103 Å². The lowest BCUT2D eigenvalue weighted by atomic mass is 9.95. The van der Waals surface area contributed by atoms with E-state index in [-0.39, 0.29) is 11.6 Å². The molecule has 1 unspecified atom stereocenters. The third kappa shape index (κ3) is 2.68. The van der Waals surface area contributed by atoms with Gasteiger partial charge >= 0.3 is 0 Å². The van der Waals surface area contributed by atoms with E-state index in [9.17, 15) is 0 Å². The van der Waals surface area contributed by atoms with Gasteiger partial charge in [-0.2, -0.15) is 0 Å². The number of methoxy groups -OCH3 is 1. The summed E-state index contributed by atoms with van der Waals surface area (Å²) in [5.74, 6) is 0. The molecular formula is C14H22N2O. The summed E-state index contributed by atoms with van der Waals surface area (Å²) < 4.78 is 5.27.